The minimum absolute atomic E-state index is 0.144. The number of phenols is 1. The number of unbranched alkanes of at least 4 members (excludes halogenated alkanes) is 1. The monoisotopic (exact) mass is 278 g/mol. The highest BCUT2D eigenvalue weighted by atomic mass is 19.4. The Labute approximate surface area is 109 Å². The minimum atomic E-state index is -4.77. The van der Waals surface area contributed by atoms with Crippen LogP contribution in [-0.4, -0.2) is 18.0 Å². The molecule has 1 atom stereocenters. The van der Waals surface area contributed by atoms with Crippen molar-refractivity contribution in [1.29, 1.82) is 0 Å². The molecule has 0 spiro atoms. The number of nitrogens with two attached hydrogens (primary N) is 2. The average Bonchev–Trinajstić information content (AvgIpc) is 2.30. The quantitative estimate of drug-likeness (QED) is 0.698. The van der Waals surface area contributed by atoms with Crippen LogP contribution in [0.25, 0.3) is 0 Å². The van der Waals surface area contributed by atoms with Crippen LogP contribution in [0.3, 0.4) is 0 Å². The van der Waals surface area contributed by atoms with E-state index < -0.39 is 18.2 Å². The number of hydrogen-bond donors (Lipinski definition) is 3. The molecule has 7 heteroatoms. The maximum Gasteiger partial charge on any atom is 0.573 e. The van der Waals surface area contributed by atoms with Gasteiger partial charge < -0.3 is 21.3 Å². The molecule has 0 radical (unpaired) electrons. The van der Waals surface area contributed by atoms with Gasteiger partial charge in [-0.2, -0.15) is 0 Å². The third-order valence-electron chi connectivity index (χ3n) is 2.60. The molecule has 1 aromatic rings. The van der Waals surface area contributed by atoms with Gasteiger partial charge in [-0.05, 0) is 37.6 Å². The Morgan fingerprint density at radius 1 is 1.26 bits per heavy atom. The maximum absolute atomic E-state index is 12.1. The van der Waals surface area contributed by atoms with Crippen molar-refractivity contribution in [2.75, 3.05) is 6.54 Å². The zero-order valence-corrected chi connectivity index (χ0v) is 10.3. The molecular formula is C12H17F3N2O2. The van der Waals surface area contributed by atoms with Crippen molar-refractivity contribution in [3.8, 4) is 11.5 Å². The normalized spacial score (nSPS) is 13.3. The lowest BCUT2D eigenvalue weighted by Crippen LogP contribution is -2.18. The Balaban J connectivity index is 2.78. The largest absolute Gasteiger partial charge is 0.573 e. The topological polar surface area (TPSA) is 81.5 Å². The minimum Gasteiger partial charge on any atom is -0.508 e. The average molecular weight is 278 g/mol. The molecule has 1 rings (SSSR count). The summed E-state index contributed by atoms with van der Waals surface area (Å²) in [6.45, 7) is 0.524. The summed E-state index contributed by atoms with van der Waals surface area (Å²) in [5.41, 5.74) is 11.4. The zero-order chi connectivity index (χ0) is 14.5. The van der Waals surface area contributed by atoms with Gasteiger partial charge >= 0.3 is 6.36 Å². The van der Waals surface area contributed by atoms with Gasteiger partial charge in [-0.3, -0.25) is 0 Å². The summed E-state index contributed by atoms with van der Waals surface area (Å²) in [6, 6.07) is 2.73. The van der Waals surface area contributed by atoms with Gasteiger partial charge in [0.15, 0.2) is 0 Å². The van der Waals surface area contributed by atoms with E-state index in [0.29, 0.717) is 13.0 Å². The van der Waals surface area contributed by atoms with Crippen molar-refractivity contribution in [1.82, 2.24) is 0 Å². The smallest absolute Gasteiger partial charge is 0.508 e. The molecule has 1 aromatic carbocycles. The van der Waals surface area contributed by atoms with Crippen molar-refractivity contribution >= 4 is 0 Å². The van der Waals surface area contributed by atoms with Gasteiger partial charge in [-0.15, -0.1) is 13.2 Å². The summed E-state index contributed by atoms with van der Waals surface area (Å²) in [6.07, 6.45) is -2.73. The summed E-state index contributed by atoms with van der Waals surface area (Å²) in [7, 11) is 0. The molecule has 19 heavy (non-hydrogen) atoms. The molecule has 0 aliphatic rings. The third kappa shape index (κ3) is 5.35. The Hall–Kier alpha value is -1.47. The second-order valence-corrected chi connectivity index (χ2v) is 4.16. The number of halogens is 3. The number of phenolic OH excluding ortho intramolecular Hbond substituents is 1. The first kappa shape index (κ1) is 15.6. The van der Waals surface area contributed by atoms with Gasteiger partial charge in [0, 0.05) is 11.6 Å². The molecule has 0 saturated heterocycles. The lowest BCUT2D eigenvalue weighted by atomic mass is 10.0. The van der Waals surface area contributed by atoms with Crippen LogP contribution in [0.1, 0.15) is 30.9 Å². The molecule has 0 amide bonds. The van der Waals surface area contributed by atoms with Crippen molar-refractivity contribution in [3.05, 3.63) is 23.8 Å². The van der Waals surface area contributed by atoms with E-state index in [1.54, 1.807) is 0 Å². The number of rotatable bonds is 6. The van der Waals surface area contributed by atoms with Crippen molar-refractivity contribution in [2.24, 2.45) is 11.5 Å². The van der Waals surface area contributed by atoms with Crippen LogP contribution < -0.4 is 16.2 Å². The number of aromatic hydroxyl groups is 1. The van der Waals surface area contributed by atoms with E-state index in [1.807, 2.05) is 0 Å². The highest BCUT2D eigenvalue weighted by Crippen LogP contribution is 2.32. The first-order valence-electron chi connectivity index (χ1n) is 5.88. The van der Waals surface area contributed by atoms with Gasteiger partial charge in [0.1, 0.15) is 11.5 Å². The predicted molar refractivity (Wildman–Crippen MR) is 64.6 cm³/mol. The van der Waals surface area contributed by atoms with E-state index in [0.717, 1.165) is 31.0 Å². The van der Waals surface area contributed by atoms with Crippen LogP contribution in [0.2, 0.25) is 0 Å². The molecule has 108 valence electrons. The van der Waals surface area contributed by atoms with Gasteiger partial charge in [0.25, 0.3) is 0 Å². The van der Waals surface area contributed by atoms with Gasteiger partial charge in [-0.25, -0.2) is 0 Å². The third-order valence-corrected chi connectivity index (χ3v) is 2.60. The number of hydrogen-bond acceptors (Lipinski definition) is 4. The van der Waals surface area contributed by atoms with E-state index in [4.69, 9.17) is 11.5 Å². The van der Waals surface area contributed by atoms with E-state index >= 15 is 0 Å². The molecule has 0 aromatic heterocycles. The molecule has 5 N–H and O–H groups in total. The molecule has 0 unspecified atom stereocenters. The summed E-state index contributed by atoms with van der Waals surface area (Å²) >= 11 is 0. The molecule has 4 nitrogen and oxygen atoms in total. The Morgan fingerprint density at radius 2 is 1.95 bits per heavy atom. The second-order valence-electron chi connectivity index (χ2n) is 4.16. The van der Waals surface area contributed by atoms with E-state index in [-0.39, 0.29) is 11.3 Å². The SMILES string of the molecule is NCCCC[C@H](N)c1cc(OC(F)(F)F)ccc1O. The standard InChI is InChI=1S/C12H17F3N2O2/c13-12(14,15)19-8-4-5-11(18)9(7-8)10(17)3-1-2-6-16/h4-5,7,10,18H,1-3,6,16-17H2/t10-/m0/s1. The first-order chi connectivity index (χ1) is 8.83. The summed E-state index contributed by atoms with van der Waals surface area (Å²) in [5.74, 6) is -0.538. The van der Waals surface area contributed by atoms with Gasteiger partial charge in [0.05, 0.1) is 0 Å². The molecule has 0 heterocycles. The maximum atomic E-state index is 12.1. The fraction of sp³-hybridized carbons (Fsp3) is 0.500. The van der Waals surface area contributed by atoms with Crippen LogP contribution in [0.4, 0.5) is 13.2 Å². The Kier molecular flexibility index (Phi) is 5.44. The van der Waals surface area contributed by atoms with Crippen LogP contribution >= 0.6 is 0 Å². The molecular weight excluding hydrogens is 261 g/mol. The molecule has 0 fully saturated rings. The zero-order valence-electron chi connectivity index (χ0n) is 10.3. The molecule has 0 aliphatic heterocycles. The lowest BCUT2D eigenvalue weighted by molar-refractivity contribution is -0.274. The van der Waals surface area contributed by atoms with Gasteiger partial charge in [-0.1, -0.05) is 6.42 Å². The van der Waals surface area contributed by atoms with Crippen LogP contribution in [0.15, 0.2) is 18.2 Å². The van der Waals surface area contributed by atoms with E-state index in [1.165, 1.54) is 0 Å². The molecule has 0 aliphatic carbocycles. The predicted octanol–water partition coefficient (Wildman–Crippen LogP) is 2.42. The van der Waals surface area contributed by atoms with Crippen molar-refractivity contribution < 1.29 is 23.0 Å². The Morgan fingerprint density at radius 3 is 2.53 bits per heavy atom. The summed E-state index contributed by atoms with van der Waals surface area (Å²) < 4.78 is 40.1. The number of benzene rings is 1. The second kappa shape index (κ2) is 6.63. The van der Waals surface area contributed by atoms with Crippen LogP contribution in [-0.2, 0) is 0 Å². The number of alkyl halides is 3. The fourth-order valence-corrected chi connectivity index (χ4v) is 1.69. The van der Waals surface area contributed by atoms with E-state index in [2.05, 4.69) is 4.74 Å². The van der Waals surface area contributed by atoms with Crippen molar-refractivity contribution in [2.45, 2.75) is 31.7 Å². The highest BCUT2D eigenvalue weighted by molar-refractivity contribution is 5.41. The van der Waals surface area contributed by atoms with Gasteiger partial charge in [0.2, 0.25) is 0 Å². The fourth-order valence-electron chi connectivity index (χ4n) is 1.69. The van der Waals surface area contributed by atoms with Crippen molar-refractivity contribution in [3.63, 3.8) is 0 Å². The molecule has 0 saturated carbocycles. The lowest BCUT2D eigenvalue weighted by Gasteiger charge is -2.16. The van der Waals surface area contributed by atoms with E-state index in [9.17, 15) is 18.3 Å². The first-order valence-corrected chi connectivity index (χ1v) is 5.88. The highest BCUT2D eigenvalue weighted by Gasteiger charge is 2.31. The summed E-state index contributed by atoms with van der Waals surface area (Å²) in [5, 5.41) is 9.62. The summed E-state index contributed by atoms with van der Waals surface area (Å²) in [4.78, 5) is 0. The number of ether oxygens (including phenoxy) is 1. The Bertz CT molecular complexity index is 410. The van der Waals surface area contributed by atoms with Crippen LogP contribution in [0, 0.1) is 0 Å². The van der Waals surface area contributed by atoms with Crippen LogP contribution in [0.5, 0.6) is 11.5 Å². The molecule has 0 bridgehead atoms.